The number of esters is 2. The average molecular weight is 481 g/mol. The minimum Gasteiger partial charge on any atom is -0.460 e. The molecular formula is C29H40O4Si. The van der Waals surface area contributed by atoms with E-state index in [2.05, 4.69) is 27.7 Å². The van der Waals surface area contributed by atoms with Gasteiger partial charge in [-0.2, -0.15) is 0 Å². The molecule has 1 saturated carbocycles. The maximum Gasteiger partial charge on any atom is 0.323 e. The monoisotopic (exact) mass is 480 g/mol. The number of carbonyl (C=O) groups is 2. The third kappa shape index (κ3) is 5.98. The Hall–Kier alpha value is -2.40. The Kier molecular flexibility index (Phi) is 9.12. The van der Waals surface area contributed by atoms with Crippen LogP contribution < -0.4 is 0 Å². The number of carbonyl (C=O) groups excluding carboxylic acids is 2. The van der Waals surface area contributed by atoms with Gasteiger partial charge in [0, 0.05) is 0 Å². The molecule has 0 radical (unpaired) electrons. The summed E-state index contributed by atoms with van der Waals surface area (Å²) in [5, 5.41) is 0. The third-order valence-electron chi connectivity index (χ3n) is 8.24. The fourth-order valence-electron chi connectivity index (χ4n) is 5.60. The van der Waals surface area contributed by atoms with E-state index in [1.165, 1.54) is 18.1 Å². The predicted octanol–water partition coefficient (Wildman–Crippen LogP) is 7.01. The first-order valence-corrected chi connectivity index (χ1v) is 15.6. The zero-order valence-corrected chi connectivity index (χ0v) is 22.2. The lowest BCUT2D eigenvalue weighted by molar-refractivity contribution is -0.174. The van der Waals surface area contributed by atoms with Gasteiger partial charge in [-0.25, -0.2) is 0 Å². The summed E-state index contributed by atoms with van der Waals surface area (Å²) < 4.78 is 11.5. The molecule has 0 N–H and O–H groups in total. The van der Waals surface area contributed by atoms with Crippen LogP contribution in [0, 0.1) is 17.3 Å². The van der Waals surface area contributed by atoms with Gasteiger partial charge in [0.25, 0.3) is 0 Å². The Morgan fingerprint density at radius 3 is 1.65 bits per heavy atom. The van der Waals surface area contributed by atoms with Crippen LogP contribution in [0.4, 0.5) is 0 Å². The highest BCUT2D eigenvalue weighted by atomic mass is 28.3. The van der Waals surface area contributed by atoms with Crippen LogP contribution in [0.25, 0.3) is 0 Å². The number of ether oxygens (including phenoxy) is 2. The van der Waals surface area contributed by atoms with Crippen LogP contribution in [0.1, 0.15) is 51.7 Å². The maximum absolute atomic E-state index is 13.5. The third-order valence-corrected chi connectivity index (χ3v) is 14.1. The predicted molar refractivity (Wildman–Crippen MR) is 139 cm³/mol. The molecule has 1 aliphatic carbocycles. The standard InChI is InChI=1S/C29H40O4Si/c1-5-34(6-2,7-3)22-26-19-29(18-23(26)4,27(30)32-20-24-14-10-8-11-15-24)28(31)33-21-25-16-12-9-13-17-25/h8-17,23,26H,5-7,18-22H2,1-4H3/t23-,26+/m0/s1. The van der Waals surface area contributed by atoms with Crippen LogP contribution in [0.3, 0.4) is 0 Å². The Labute approximate surface area is 206 Å². The number of rotatable bonds is 11. The van der Waals surface area contributed by atoms with Crippen molar-refractivity contribution in [1.82, 2.24) is 0 Å². The second-order valence-electron chi connectivity index (χ2n) is 10.1. The number of benzene rings is 2. The Morgan fingerprint density at radius 1 is 0.794 bits per heavy atom. The van der Waals surface area contributed by atoms with Gasteiger partial charge in [-0.05, 0) is 35.8 Å². The van der Waals surface area contributed by atoms with E-state index < -0.39 is 25.4 Å². The van der Waals surface area contributed by atoms with Crippen LogP contribution in [0.5, 0.6) is 0 Å². The quantitative estimate of drug-likeness (QED) is 0.197. The topological polar surface area (TPSA) is 52.6 Å². The SMILES string of the molecule is CC[Si](CC)(CC)C[C@H]1CC(C(=O)OCc2ccccc2)(C(=O)OCc2ccccc2)C[C@@H]1C. The van der Waals surface area contributed by atoms with Crippen LogP contribution in [0.15, 0.2) is 60.7 Å². The smallest absolute Gasteiger partial charge is 0.323 e. The lowest BCUT2D eigenvalue weighted by Gasteiger charge is -2.33. The molecule has 1 aliphatic rings. The maximum atomic E-state index is 13.5. The van der Waals surface area contributed by atoms with Crippen molar-refractivity contribution in [3.05, 3.63) is 71.8 Å². The summed E-state index contributed by atoms with van der Waals surface area (Å²) in [5.41, 5.74) is 0.615. The minimum absolute atomic E-state index is 0.171. The van der Waals surface area contributed by atoms with Crippen molar-refractivity contribution >= 4 is 20.0 Å². The number of hydrogen-bond donors (Lipinski definition) is 0. The van der Waals surface area contributed by atoms with Crippen molar-refractivity contribution in [3.63, 3.8) is 0 Å². The van der Waals surface area contributed by atoms with E-state index in [9.17, 15) is 9.59 Å². The van der Waals surface area contributed by atoms with E-state index in [4.69, 9.17) is 9.47 Å². The molecule has 0 aromatic heterocycles. The van der Waals surface area contributed by atoms with E-state index in [-0.39, 0.29) is 19.1 Å². The second-order valence-corrected chi connectivity index (χ2v) is 15.6. The van der Waals surface area contributed by atoms with Gasteiger partial charge in [0.05, 0.1) is 8.07 Å². The van der Waals surface area contributed by atoms with Crippen molar-refractivity contribution in [3.8, 4) is 0 Å². The van der Waals surface area contributed by atoms with Gasteiger partial charge in [-0.1, -0.05) is 113 Å². The van der Waals surface area contributed by atoms with Crippen LogP contribution in [0.2, 0.25) is 24.2 Å². The van der Waals surface area contributed by atoms with Gasteiger partial charge >= 0.3 is 11.9 Å². The molecule has 0 amide bonds. The molecule has 5 heteroatoms. The molecule has 34 heavy (non-hydrogen) atoms. The van der Waals surface area contributed by atoms with Crippen LogP contribution >= 0.6 is 0 Å². The first-order valence-electron chi connectivity index (χ1n) is 12.8. The average Bonchev–Trinajstić information content (AvgIpc) is 3.22. The molecule has 0 aliphatic heterocycles. The Morgan fingerprint density at radius 2 is 1.24 bits per heavy atom. The zero-order valence-electron chi connectivity index (χ0n) is 21.2. The summed E-state index contributed by atoms with van der Waals surface area (Å²) >= 11 is 0. The molecule has 0 heterocycles. The Balaban J connectivity index is 1.81. The van der Waals surface area contributed by atoms with Crippen molar-refractivity contribution in [2.75, 3.05) is 0 Å². The molecule has 2 aromatic rings. The van der Waals surface area contributed by atoms with Crippen LogP contribution in [-0.4, -0.2) is 20.0 Å². The summed E-state index contributed by atoms with van der Waals surface area (Å²) in [5.74, 6) is -0.230. The fraction of sp³-hybridized carbons (Fsp3) is 0.517. The highest BCUT2D eigenvalue weighted by molar-refractivity contribution is 6.79. The van der Waals surface area contributed by atoms with E-state index in [1.54, 1.807) is 0 Å². The van der Waals surface area contributed by atoms with Crippen molar-refractivity contribution in [2.24, 2.45) is 17.3 Å². The molecule has 0 saturated heterocycles. The van der Waals surface area contributed by atoms with Gasteiger partial charge in [-0.15, -0.1) is 0 Å². The second kappa shape index (κ2) is 11.8. The molecular weight excluding hydrogens is 440 g/mol. The van der Waals surface area contributed by atoms with Gasteiger partial charge < -0.3 is 9.47 Å². The van der Waals surface area contributed by atoms with Crippen molar-refractivity contribution < 1.29 is 19.1 Å². The van der Waals surface area contributed by atoms with Crippen molar-refractivity contribution in [1.29, 1.82) is 0 Å². The summed E-state index contributed by atoms with van der Waals surface area (Å²) in [6, 6.07) is 24.2. The number of hydrogen-bond acceptors (Lipinski definition) is 4. The van der Waals surface area contributed by atoms with Gasteiger partial charge in [-0.3, -0.25) is 9.59 Å². The minimum atomic E-state index is -1.40. The Bertz CT molecular complexity index is 860. The molecule has 0 bridgehead atoms. The summed E-state index contributed by atoms with van der Waals surface area (Å²) in [6.07, 6.45) is 1.03. The van der Waals surface area contributed by atoms with Crippen molar-refractivity contribution in [2.45, 2.75) is 77.9 Å². The first kappa shape index (κ1) is 26.2. The largest absolute Gasteiger partial charge is 0.460 e. The molecule has 0 unspecified atom stereocenters. The summed E-state index contributed by atoms with van der Waals surface area (Å²) in [7, 11) is -1.40. The van der Waals surface area contributed by atoms with E-state index in [0.29, 0.717) is 18.8 Å². The zero-order chi connectivity index (χ0) is 24.6. The van der Waals surface area contributed by atoms with Crippen LogP contribution in [-0.2, 0) is 32.3 Å². The highest BCUT2D eigenvalue weighted by Gasteiger charge is 2.57. The van der Waals surface area contributed by atoms with E-state index >= 15 is 0 Å². The fourth-order valence-corrected chi connectivity index (χ4v) is 9.63. The molecule has 2 aromatic carbocycles. The molecule has 2 atom stereocenters. The van der Waals surface area contributed by atoms with Gasteiger partial charge in [0.15, 0.2) is 5.41 Å². The summed E-state index contributed by atoms with van der Waals surface area (Å²) in [4.78, 5) is 27.1. The highest BCUT2D eigenvalue weighted by Crippen LogP contribution is 2.51. The normalized spacial score (nSPS) is 19.5. The summed E-state index contributed by atoms with van der Waals surface area (Å²) in [6.45, 7) is 9.48. The molecule has 4 nitrogen and oxygen atoms in total. The van der Waals surface area contributed by atoms with E-state index in [0.717, 1.165) is 17.2 Å². The van der Waals surface area contributed by atoms with Gasteiger partial charge in [0.1, 0.15) is 13.2 Å². The molecule has 0 spiro atoms. The molecule has 1 fully saturated rings. The molecule has 184 valence electrons. The lowest BCUT2D eigenvalue weighted by atomic mass is 9.85. The first-order chi connectivity index (χ1) is 16.4. The van der Waals surface area contributed by atoms with Gasteiger partial charge in [0.2, 0.25) is 0 Å². The lowest BCUT2D eigenvalue weighted by Crippen LogP contribution is -2.40. The molecule has 3 rings (SSSR count). The van der Waals surface area contributed by atoms with E-state index in [1.807, 2.05) is 60.7 Å².